The molecular weight excluding hydrogens is 266 g/mol. The van der Waals surface area contributed by atoms with Crippen LogP contribution in [0.5, 0.6) is 0 Å². The lowest BCUT2D eigenvalue weighted by atomic mass is 9.78. The van der Waals surface area contributed by atoms with Gasteiger partial charge in [0.2, 0.25) is 0 Å². The van der Waals surface area contributed by atoms with Gasteiger partial charge >= 0.3 is 0 Å². The van der Waals surface area contributed by atoms with Crippen LogP contribution in [0.4, 0.5) is 0 Å². The summed E-state index contributed by atoms with van der Waals surface area (Å²) in [7, 11) is 0. The summed E-state index contributed by atoms with van der Waals surface area (Å²) in [6, 6.07) is 0.257. The Morgan fingerprint density at radius 2 is 2.24 bits per heavy atom. The standard InChI is InChI=1S/C15H29N5O/c1-4-21-14-6-12(7-14)5-13(19-16)8-15-17-10-18-20(15)9-11(2)3/h10-14,19H,4-9,16H2,1-3H3. The maximum atomic E-state index is 5.72. The molecule has 1 fully saturated rings. The highest BCUT2D eigenvalue weighted by atomic mass is 16.5. The Kier molecular flexibility index (Phi) is 6.14. The zero-order chi connectivity index (χ0) is 15.2. The van der Waals surface area contributed by atoms with Gasteiger partial charge in [-0.15, -0.1) is 0 Å². The zero-order valence-electron chi connectivity index (χ0n) is 13.5. The first-order valence-electron chi connectivity index (χ1n) is 8.06. The second-order valence-corrected chi connectivity index (χ2v) is 6.47. The highest BCUT2D eigenvalue weighted by Gasteiger charge is 2.31. The second-order valence-electron chi connectivity index (χ2n) is 6.47. The number of hydrogen-bond donors (Lipinski definition) is 2. The molecule has 0 spiro atoms. The molecule has 3 N–H and O–H groups in total. The smallest absolute Gasteiger partial charge is 0.138 e. The topological polar surface area (TPSA) is 78.0 Å². The minimum Gasteiger partial charge on any atom is -0.378 e. The van der Waals surface area contributed by atoms with Gasteiger partial charge in [-0.25, -0.2) is 9.67 Å². The van der Waals surface area contributed by atoms with Crippen LogP contribution in [0.1, 0.15) is 45.9 Å². The van der Waals surface area contributed by atoms with E-state index in [2.05, 4.69) is 36.3 Å². The molecule has 1 aromatic rings. The molecule has 1 aliphatic carbocycles. The summed E-state index contributed by atoms with van der Waals surface area (Å²) in [6.45, 7) is 8.15. The Bertz CT molecular complexity index is 414. The van der Waals surface area contributed by atoms with Crippen LogP contribution in [0.15, 0.2) is 6.33 Å². The highest BCUT2D eigenvalue weighted by molar-refractivity contribution is 4.92. The Morgan fingerprint density at radius 3 is 2.86 bits per heavy atom. The lowest BCUT2D eigenvalue weighted by Crippen LogP contribution is -2.42. The first kappa shape index (κ1) is 16.4. The molecule has 120 valence electrons. The maximum absolute atomic E-state index is 5.72. The van der Waals surface area contributed by atoms with E-state index in [1.54, 1.807) is 6.33 Å². The third-order valence-corrected chi connectivity index (χ3v) is 4.11. The van der Waals surface area contributed by atoms with Crippen molar-refractivity contribution in [1.82, 2.24) is 20.2 Å². The van der Waals surface area contributed by atoms with Crippen LogP contribution >= 0.6 is 0 Å². The molecule has 1 aromatic heterocycles. The minimum absolute atomic E-state index is 0.257. The number of rotatable bonds is 9. The molecule has 1 unspecified atom stereocenters. The van der Waals surface area contributed by atoms with Crippen molar-refractivity contribution in [3.63, 3.8) is 0 Å². The Hall–Kier alpha value is -0.980. The van der Waals surface area contributed by atoms with Gasteiger partial charge < -0.3 is 4.74 Å². The van der Waals surface area contributed by atoms with Crippen molar-refractivity contribution in [2.75, 3.05) is 6.61 Å². The number of hydrogen-bond acceptors (Lipinski definition) is 5. The van der Waals surface area contributed by atoms with E-state index < -0.39 is 0 Å². The van der Waals surface area contributed by atoms with Gasteiger partial charge in [0.25, 0.3) is 0 Å². The van der Waals surface area contributed by atoms with Crippen molar-refractivity contribution >= 4 is 0 Å². The van der Waals surface area contributed by atoms with Gasteiger partial charge in [0.15, 0.2) is 0 Å². The average Bonchev–Trinajstić information content (AvgIpc) is 2.81. The van der Waals surface area contributed by atoms with Crippen LogP contribution in [0.2, 0.25) is 0 Å². The van der Waals surface area contributed by atoms with E-state index in [0.29, 0.717) is 17.9 Å². The van der Waals surface area contributed by atoms with E-state index >= 15 is 0 Å². The minimum atomic E-state index is 0.257. The highest BCUT2D eigenvalue weighted by Crippen LogP contribution is 2.33. The van der Waals surface area contributed by atoms with E-state index in [0.717, 1.165) is 44.7 Å². The van der Waals surface area contributed by atoms with E-state index in [4.69, 9.17) is 10.6 Å². The third kappa shape index (κ3) is 4.76. The van der Waals surface area contributed by atoms with Crippen molar-refractivity contribution in [3.05, 3.63) is 12.2 Å². The Labute approximate surface area is 127 Å². The van der Waals surface area contributed by atoms with Crippen LogP contribution in [0.25, 0.3) is 0 Å². The summed E-state index contributed by atoms with van der Waals surface area (Å²) < 4.78 is 7.61. The summed E-state index contributed by atoms with van der Waals surface area (Å²) in [5.74, 6) is 8.02. The lowest BCUT2D eigenvalue weighted by molar-refractivity contribution is -0.0291. The van der Waals surface area contributed by atoms with Crippen molar-refractivity contribution in [3.8, 4) is 0 Å². The van der Waals surface area contributed by atoms with Crippen LogP contribution in [-0.4, -0.2) is 33.5 Å². The number of nitrogens with one attached hydrogen (secondary N) is 1. The van der Waals surface area contributed by atoms with Crippen LogP contribution in [0.3, 0.4) is 0 Å². The van der Waals surface area contributed by atoms with Gasteiger partial charge in [-0.05, 0) is 38.0 Å². The summed E-state index contributed by atoms with van der Waals surface area (Å²) in [6.07, 6.45) is 6.33. The number of hydrazine groups is 1. The monoisotopic (exact) mass is 295 g/mol. The molecule has 0 aliphatic heterocycles. The van der Waals surface area contributed by atoms with Gasteiger partial charge in [0.05, 0.1) is 6.10 Å². The summed E-state index contributed by atoms with van der Waals surface area (Å²) >= 11 is 0. The molecule has 1 heterocycles. The van der Waals surface area contributed by atoms with Gasteiger partial charge in [-0.1, -0.05) is 13.8 Å². The predicted molar refractivity (Wildman–Crippen MR) is 82.4 cm³/mol. The van der Waals surface area contributed by atoms with Gasteiger partial charge in [-0.2, -0.15) is 5.10 Å². The van der Waals surface area contributed by atoms with Gasteiger partial charge in [0, 0.05) is 25.6 Å². The second kappa shape index (κ2) is 7.87. The zero-order valence-corrected chi connectivity index (χ0v) is 13.5. The molecule has 0 aromatic carbocycles. The molecule has 6 heteroatoms. The van der Waals surface area contributed by atoms with E-state index in [1.807, 2.05) is 4.68 Å². The molecule has 21 heavy (non-hydrogen) atoms. The van der Waals surface area contributed by atoms with Crippen LogP contribution < -0.4 is 11.3 Å². The molecule has 0 saturated heterocycles. The SMILES string of the molecule is CCOC1CC(CC(Cc2ncnn2CC(C)C)NN)C1. The van der Waals surface area contributed by atoms with Gasteiger partial charge in [0.1, 0.15) is 12.2 Å². The van der Waals surface area contributed by atoms with Gasteiger partial charge in [-0.3, -0.25) is 11.3 Å². The molecule has 1 atom stereocenters. The number of nitrogens with two attached hydrogens (primary N) is 1. The summed E-state index contributed by atoms with van der Waals surface area (Å²) in [5, 5.41) is 4.31. The van der Waals surface area contributed by atoms with Crippen LogP contribution in [-0.2, 0) is 17.7 Å². The van der Waals surface area contributed by atoms with Crippen LogP contribution in [0, 0.1) is 11.8 Å². The fourth-order valence-corrected chi connectivity index (χ4v) is 3.02. The Morgan fingerprint density at radius 1 is 1.48 bits per heavy atom. The fraction of sp³-hybridized carbons (Fsp3) is 0.867. The van der Waals surface area contributed by atoms with E-state index in [1.165, 1.54) is 0 Å². The predicted octanol–water partition coefficient (Wildman–Crippen LogP) is 1.51. The quantitative estimate of drug-likeness (QED) is 0.533. The first-order chi connectivity index (χ1) is 10.1. The fourth-order valence-electron chi connectivity index (χ4n) is 3.02. The lowest BCUT2D eigenvalue weighted by Gasteiger charge is -2.36. The molecule has 2 rings (SSSR count). The number of aromatic nitrogens is 3. The van der Waals surface area contributed by atoms with E-state index in [9.17, 15) is 0 Å². The normalized spacial score (nSPS) is 23.3. The Balaban J connectivity index is 1.81. The molecule has 0 radical (unpaired) electrons. The molecular formula is C15H29N5O. The van der Waals surface area contributed by atoms with Crippen molar-refractivity contribution < 1.29 is 4.74 Å². The van der Waals surface area contributed by atoms with Crippen molar-refractivity contribution in [2.24, 2.45) is 17.7 Å². The maximum Gasteiger partial charge on any atom is 0.138 e. The molecule has 1 aliphatic rings. The molecule has 1 saturated carbocycles. The van der Waals surface area contributed by atoms with Crippen molar-refractivity contribution in [2.45, 2.75) is 65.1 Å². The van der Waals surface area contributed by atoms with E-state index in [-0.39, 0.29) is 6.04 Å². The van der Waals surface area contributed by atoms with Crippen molar-refractivity contribution in [1.29, 1.82) is 0 Å². The number of ether oxygens (including phenoxy) is 1. The largest absolute Gasteiger partial charge is 0.378 e. The summed E-state index contributed by atoms with van der Waals surface area (Å²) in [4.78, 5) is 4.38. The molecule has 0 amide bonds. The summed E-state index contributed by atoms with van der Waals surface area (Å²) in [5.41, 5.74) is 2.94. The molecule has 0 bridgehead atoms. The average molecular weight is 295 g/mol. The number of nitrogens with zero attached hydrogens (tertiary/aromatic N) is 3. The molecule has 6 nitrogen and oxygen atoms in total. The first-order valence-corrected chi connectivity index (χ1v) is 8.06. The third-order valence-electron chi connectivity index (χ3n) is 4.11.